The van der Waals surface area contributed by atoms with Gasteiger partial charge < -0.3 is 9.30 Å². The summed E-state index contributed by atoms with van der Waals surface area (Å²) in [5, 5.41) is 0.685. The second-order valence-electron chi connectivity index (χ2n) is 6.52. The zero-order valence-corrected chi connectivity index (χ0v) is 16.5. The van der Waals surface area contributed by atoms with Gasteiger partial charge in [-0.25, -0.2) is 9.78 Å². The third kappa shape index (κ3) is 4.17. The SMILES string of the molecule is Cn1c(=O)c2c(ncn2CCOC(=O)CCCc2ccc(Cl)cc2)n(C)c1=O. The molecule has 0 aliphatic carbocycles. The first-order chi connectivity index (χ1) is 13.4. The summed E-state index contributed by atoms with van der Waals surface area (Å²) in [6, 6.07) is 7.52. The Morgan fingerprint density at radius 1 is 1.14 bits per heavy atom. The number of nitrogens with zero attached hydrogens (tertiary/aromatic N) is 4. The topological polar surface area (TPSA) is 88.1 Å². The van der Waals surface area contributed by atoms with E-state index in [9.17, 15) is 14.4 Å². The molecule has 0 aliphatic rings. The van der Waals surface area contributed by atoms with E-state index >= 15 is 0 Å². The number of rotatable bonds is 7. The Bertz CT molecular complexity index is 1110. The number of carbonyl (C=O) groups excluding carboxylic acids is 1. The van der Waals surface area contributed by atoms with E-state index in [1.165, 1.54) is 17.9 Å². The largest absolute Gasteiger partial charge is 0.464 e. The summed E-state index contributed by atoms with van der Waals surface area (Å²) in [4.78, 5) is 40.3. The predicted molar refractivity (Wildman–Crippen MR) is 106 cm³/mol. The number of hydrogen-bond donors (Lipinski definition) is 0. The standard InChI is InChI=1S/C19H21ClN4O4/c1-22-17-16(18(26)23(2)19(22)27)24(12-21-17)10-11-28-15(25)5-3-4-13-6-8-14(20)9-7-13/h6-9,12H,3-5,10-11H2,1-2H3. The van der Waals surface area contributed by atoms with Gasteiger partial charge in [0.25, 0.3) is 5.56 Å². The highest BCUT2D eigenvalue weighted by Crippen LogP contribution is 2.12. The van der Waals surface area contributed by atoms with Crippen molar-refractivity contribution in [3.63, 3.8) is 0 Å². The van der Waals surface area contributed by atoms with E-state index in [2.05, 4.69) is 4.98 Å². The molecule has 0 radical (unpaired) electrons. The molecular formula is C19H21ClN4O4. The molecule has 0 fully saturated rings. The summed E-state index contributed by atoms with van der Waals surface area (Å²) in [6.07, 6.45) is 3.23. The zero-order chi connectivity index (χ0) is 20.3. The number of ether oxygens (including phenoxy) is 1. The van der Waals surface area contributed by atoms with Crippen LogP contribution in [0.3, 0.4) is 0 Å². The maximum atomic E-state index is 12.4. The van der Waals surface area contributed by atoms with Gasteiger partial charge >= 0.3 is 11.7 Å². The maximum absolute atomic E-state index is 12.4. The van der Waals surface area contributed by atoms with Gasteiger partial charge in [-0.3, -0.25) is 18.7 Å². The molecule has 0 bridgehead atoms. The lowest BCUT2D eigenvalue weighted by Gasteiger charge is -2.08. The minimum absolute atomic E-state index is 0.122. The molecule has 3 aromatic rings. The molecule has 2 heterocycles. The van der Waals surface area contributed by atoms with Crippen molar-refractivity contribution >= 4 is 28.7 Å². The number of esters is 1. The first-order valence-electron chi connectivity index (χ1n) is 8.89. The van der Waals surface area contributed by atoms with Crippen LogP contribution < -0.4 is 11.2 Å². The van der Waals surface area contributed by atoms with E-state index in [-0.39, 0.29) is 19.1 Å². The monoisotopic (exact) mass is 404 g/mol. The fraction of sp³-hybridized carbons (Fsp3) is 0.368. The van der Waals surface area contributed by atoms with Crippen molar-refractivity contribution in [2.75, 3.05) is 6.61 Å². The van der Waals surface area contributed by atoms with Crippen molar-refractivity contribution in [1.82, 2.24) is 18.7 Å². The minimum atomic E-state index is -0.435. The zero-order valence-electron chi connectivity index (χ0n) is 15.7. The molecule has 0 saturated carbocycles. The number of aryl methyl sites for hydroxylation is 2. The molecule has 9 heteroatoms. The first kappa shape index (κ1) is 19.9. The highest BCUT2D eigenvalue weighted by molar-refractivity contribution is 6.30. The Labute approximate surface area is 165 Å². The summed E-state index contributed by atoms with van der Waals surface area (Å²) in [7, 11) is 2.98. The molecule has 1 aromatic carbocycles. The van der Waals surface area contributed by atoms with Gasteiger partial charge in [-0.15, -0.1) is 0 Å². The average Bonchev–Trinajstić information content (AvgIpc) is 3.10. The van der Waals surface area contributed by atoms with Crippen molar-refractivity contribution < 1.29 is 9.53 Å². The van der Waals surface area contributed by atoms with Crippen LogP contribution in [0.4, 0.5) is 0 Å². The lowest BCUT2D eigenvalue weighted by atomic mass is 10.1. The third-order valence-corrected chi connectivity index (χ3v) is 4.82. The van der Waals surface area contributed by atoms with Crippen molar-refractivity contribution in [1.29, 1.82) is 0 Å². The van der Waals surface area contributed by atoms with Crippen LogP contribution in [0.1, 0.15) is 18.4 Å². The van der Waals surface area contributed by atoms with Crippen LogP contribution in [0.2, 0.25) is 5.02 Å². The molecular weight excluding hydrogens is 384 g/mol. The van der Waals surface area contributed by atoms with E-state index in [1.807, 2.05) is 24.3 Å². The Balaban J connectivity index is 1.53. The molecule has 0 unspecified atom stereocenters. The van der Waals surface area contributed by atoms with E-state index in [0.717, 1.165) is 16.6 Å². The van der Waals surface area contributed by atoms with Gasteiger partial charge in [-0.2, -0.15) is 0 Å². The lowest BCUT2D eigenvalue weighted by molar-refractivity contribution is -0.144. The number of fused-ring (bicyclic) bond motifs is 1. The molecule has 0 spiro atoms. The van der Waals surface area contributed by atoms with Gasteiger partial charge in [-0.1, -0.05) is 23.7 Å². The first-order valence-corrected chi connectivity index (χ1v) is 9.27. The molecule has 0 amide bonds. The average molecular weight is 405 g/mol. The van der Waals surface area contributed by atoms with Crippen LogP contribution in [0, 0.1) is 0 Å². The summed E-state index contributed by atoms with van der Waals surface area (Å²) in [6.45, 7) is 0.407. The molecule has 148 valence electrons. The molecule has 3 rings (SSSR count). The van der Waals surface area contributed by atoms with Crippen LogP contribution in [0.25, 0.3) is 11.2 Å². The molecule has 0 N–H and O–H groups in total. The van der Waals surface area contributed by atoms with Gasteiger partial charge in [0, 0.05) is 25.5 Å². The highest BCUT2D eigenvalue weighted by atomic mass is 35.5. The smallest absolute Gasteiger partial charge is 0.332 e. The molecule has 0 saturated heterocycles. The highest BCUT2D eigenvalue weighted by Gasteiger charge is 2.14. The van der Waals surface area contributed by atoms with Gasteiger partial charge in [0.15, 0.2) is 11.2 Å². The molecule has 8 nitrogen and oxygen atoms in total. The number of aromatic nitrogens is 4. The van der Waals surface area contributed by atoms with Gasteiger partial charge in [0.1, 0.15) is 6.61 Å². The molecule has 2 aromatic heterocycles. The third-order valence-electron chi connectivity index (χ3n) is 4.57. The van der Waals surface area contributed by atoms with Crippen LogP contribution >= 0.6 is 11.6 Å². The predicted octanol–water partition coefficient (Wildman–Crippen LogP) is 1.65. The number of benzene rings is 1. The quantitative estimate of drug-likeness (QED) is 0.559. The second-order valence-corrected chi connectivity index (χ2v) is 6.95. The fourth-order valence-corrected chi connectivity index (χ4v) is 3.11. The second kappa shape index (κ2) is 8.43. The number of carbonyl (C=O) groups is 1. The number of hydrogen-bond acceptors (Lipinski definition) is 5. The van der Waals surface area contributed by atoms with E-state index in [0.29, 0.717) is 29.0 Å². The van der Waals surface area contributed by atoms with Crippen LogP contribution in [-0.2, 0) is 36.6 Å². The van der Waals surface area contributed by atoms with Crippen LogP contribution in [0.15, 0.2) is 40.2 Å². The van der Waals surface area contributed by atoms with Gasteiger partial charge in [0.2, 0.25) is 0 Å². The van der Waals surface area contributed by atoms with Crippen LogP contribution in [-0.4, -0.2) is 31.3 Å². The van der Waals surface area contributed by atoms with Crippen LogP contribution in [0.5, 0.6) is 0 Å². The van der Waals surface area contributed by atoms with E-state index in [1.54, 1.807) is 11.6 Å². The van der Waals surface area contributed by atoms with Crippen molar-refractivity contribution in [2.24, 2.45) is 14.1 Å². The van der Waals surface area contributed by atoms with Crippen molar-refractivity contribution in [3.05, 3.63) is 62.0 Å². The fourth-order valence-electron chi connectivity index (χ4n) is 2.98. The molecule has 0 atom stereocenters. The van der Waals surface area contributed by atoms with E-state index < -0.39 is 11.2 Å². The summed E-state index contributed by atoms with van der Waals surface area (Å²) >= 11 is 5.85. The van der Waals surface area contributed by atoms with Gasteiger partial charge in [-0.05, 0) is 30.5 Å². The summed E-state index contributed by atoms with van der Waals surface area (Å²) in [5.41, 5.74) is 0.870. The van der Waals surface area contributed by atoms with Crippen molar-refractivity contribution in [2.45, 2.75) is 25.8 Å². The summed E-state index contributed by atoms with van der Waals surface area (Å²) in [5.74, 6) is -0.293. The van der Waals surface area contributed by atoms with Crippen molar-refractivity contribution in [3.8, 4) is 0 Å². The maximum Gasteiger partial charge on any atom is 0.332 e. The number of imidazole rings is 1. The minimum Gasteiger partial charge on any atom is -0.464 e. The van der Waals surface area contributed by atoms with Gasteiger partial charge in [0.05, 0.1) is 12.9 Å². The Morgan fingerprint density at radius 3 is 2.57 bits per heavy atom. The number of halogens is 1. The Morgan fingerprint density at radius 2 is 1.86 bits per heavy atom. The molecule has 28 heavy (non-hydrogen) atoms. The lowest BCUT2D eigenvalue weighted by Crippen LogP contribution is -2.37. The molecule has 0 aliphatic heterocycles. The normalized spacial score (nSPS) is 11.1. The Kier molecular flexibility index (Phi) is 5.99. The summed E-state index contributed by atoms with van der Waals surface area (Å²) < 4.78 is 9.20. The van der Waals surface area contributed by atoms with E-state index in [4.69, 9.17) is 16.3 Å². The Hall–Kier alpha value is -2.87.